The van der Waals surface area contributed by atoms with Gasteiger partial charge in [-0.1, -0.05) is 25.0 Å². The van der Waals surface area contributed by atoms with Gasteiger partial charge in [-0.2, -0.15) is 13.2 Å². The minimum Gasteiger partial charge on any atom is -0.391 e. The Balaban J connectivity index is 1.36. The molecule has 1 aliphatic carbocycles. The highest BCUT2D eigenvalue weighted by Crippen LogP contribution is 2.34. The maximum Gasteiger partial charge on any atom is 0.416 e. The minimum atomic E-state index is -4.41. The van der Waals surface area contributed by atoms with E-state index in [2.05, 4.69) is 15.0 Å². The molecule has 210 valence electrons. The van der Waals surface area contributed by atoms with Gasteiger partial charge in [-0.05, 0) is 49.4 Å². The van der Waals surface area contributed by atoms with Crippen molar-refractivity contribution >= 4 is 22.9 Å². The summed E-state index contributed by atoms with van der Waals surface area (Å²) in [5.74, 6) is 0.858. The van der Waals surface area contributed by atoms with Gasteiger partial charge in [0.2, 0.25) is 5.91 Å². The molecule has 12 heteroatoms. The Kier molecular flexibility index (Phi) is 8.03. The van der Waals surface area contributed by atoms with Gasteiger partial charge in [-0.3, -0.25) is 9.69 Å². The number of hydrogen-bond donors (Lipinski definition) is 2. The van der Waals surface area contributed by atoms with E-state index in [1.807, 2.05) is 14.4 Å². The first-order valence-corrected chi connectivity index (χ1v) is 13.4. The molecular formula is C27H34F3N7O2. The highest BCUT2D eigenvalue weighted by atomic mass is 19.4. The lowest BCUT2D eigenvalue weighted by Gasteiger charge is -2.35. The van der Waals surface area contributed by atoms with Crippen molar-refractivity contribution in [2.75, 3.05) is 31.1 Å². The van der Waals surface area contributed by atoms with E-state index in [1.54, 1.807) is 12.4 Å². The van der Waals surface area contributed by atoms with Gasteiger partial charge in [0.05, 0.1) is 24.5 Å². The molecule has 1 aliphatic heterocycles. The fourth-order valence-corrected chi connectivity index (χ4v) is 5.41. The summed E-state index contributed by atoms with van der Waals surface area (Å²) >= 11 is 0. The molecule has 0 radical (unpaired) electrons. The van der Waals surface area contributed by atoms with Crippen LogP contribution in [0.5, 0.6) is 0 Å². The van der Waals surface area contributed by atoms with Gasteiger partial charge in [0.25, 0.3) is 0 Å². The molecule has 3 N–H and O–H groups in total. The number of aliphatic hydroxyl groups is 1. The van der Waals surface area contributed by atoms with Crippen LogP contribution in [0, 0.1) is 11.8 Å². The second-order valence-corrected chi connectivity index (χ2v) is 10.8. The highest BCUT2D eigenvalue weighted by molar-refractivity contribution is 5.83. The molecule has 2 aliphatic rings. The highest BCUT2D eigenvalue weighted by Gasteiger charge is 2.31. The molecule has 9 nitrogen and oxygen atoms in total. The third-order valence-electron chi connectivity index (χ3n) is 7.66. The number of aromatic nitrogens is 4. The molecule has 2 fully saturated rings. The second kappa shape index (κ2) is 11.5. The molecule has 1 saturated carbocycles. The predicted molar refractivity (Wildman–Crippen MR) is 140 cm³/mol. The van der Waals surface area contributed by atoms with Crippen LogP contribution in [-0.2, 0) is 24.1 Å². The Bertz CT molecular complexity index is 1290. The van der Waals surface area contributed by atoms with Gasteiger partial charge in [-0.25, -0.2) is 15.0 Å². The van der Waals surface area contributed by atoms with E-state index >= 15 is 0 Å². The number of hydrogen-bond acceptors (Lipinski definition) is 7. The number of fused-ring (bicyclic) bond motifs is 1. The Morgan fingerprint density at radius 1 is 1.18 bits per heavy atom. The van der Waals surface area contributed by atoms with Crippen LogP contribution >= 0.6 is 0 Å². The van der Waals surface area contributed by atoms with Gasteiger partial charge in [0, 0.05) is 32.1 Å². The maximum atomic E-state index is 13.3. The van der Waals surface area contributed by atoms with E-state index in [4.69, 9.17) is 5.73 Å². The number of carbonyl (C=O) groups is 1. The van der Waals surface area contributed by atoms with Gasteiger partial charge in [-0.15, -0.1) is 0 Å². The summed E-state index contributed by atoms with van der Waals surface area (Å²) in [6.07, 6.45) is 3.26. The van der Waals surface area contributed by atoms with Crippen LogP contribution < -0.4 is 10.6 Å². The van der Waals surface area contributed by atoms with Gasteiger partial charge in [0.1, 0.15) is 6.33 Å². The summed E-state index contributed by atoms with van der Waals surface area (Å²) in [5, 5.41) is 10.7. The molecule has 1 amide bonds. The first-order valence-electron chi connectivity index (χ1n) is 13.4. The zero-order valence-corrected chi connectivity index (χ0v) is 21.7. The number of benzene rings is 1. The minimum absolute atomic E-state index is 0.0512. The smallest absolute Gasteiger partial charge is 0.391 e. The summed E-state index contributed by atoms with van der Waals surface area (Å²) in [4.78, 5) is 28.7. The van der Waals surface area contributed by atoms with Crippen LogP contribution in [0.2, 0.25) is 0 Å². The van der Waals surface area contributed by atoms with Crippen LogP contribution in [0.15, 0.2) is 36.9 Å². The quantitative estimate of drug-likeness (QED) is 0.380. The number of alkyl halides is 3. The number of halogens is 3. The van der Waals surface area contributed by atoms with Crippen LogP contribution in [0.4, 0.5) is 19.0 Å². The summed E-state index contributed by atoms with van der Waals surface area (Å²) in [5.41, 5.74) is 6.37. The number of nitrogens with two attached hydrogens (primary N) is 1. The van der Waals surface area contributed by atoms with E-state index < -0.39 is 23.8 Å². The molecule has 1 aromatic carbocycles. The largest absolute Gasteiger partial charge is 0.416 e. The molecule has 3 aromatic rings. The molecule has 39 heavy (non-hydrogen) atoms. The lowest BCUT2D eigenvalue weighted by Crippen LogP contribution is -2.47. The first-order chi connectivity index (χ1) is 18.7. The fraction of sp³-hybridized carbons (Fsp3) is 0.556. The van der Waals surface area contributed by atoms with E-state index in [1.165, 1.54) is 31.3 Å². The average molecular weight is 546 g/mol. The first kappa shape index (κ1) is 27.3. The van der Waals surface area contributed by atoms with E-state index in [-0.39, 0.29) is 19.0 Å². The Morgan fingerprint density at radius 3 is 2.72 bits per heavy atom. The summed E-state index contributed by atoms with van der Waals surface area (Å²) in [6, 6.07) is 5.41. The van der Waals surface area contributed by atoms with Gasteiger partial charge >= 0.3 is 6.18 Å². The maximum absolute atomic E-state index is 13.3. The molecule has 1 saturated heterocycles. The predicted octanol–water partition coefficient (Wildman–Crippen LogP) is 3.21. The van der Waals surface area contributed by atoms with Crippen molar-refractivity contribution < 1.29 is 23.1 Å². The fourth-order valence-electron chi connectivity index (χ4n) is 5.41. The SMILES string of the molecule is NC(=O)CN1CC[C@@H](Cn2cnc3c(N(CCCC4CC4)Cc4cccc(C(F)(F)F)c4)ncnc32)[C@H](O)C1. The van der Waals surface area contributed by atoms with E-state index in [0.717, 1.165) is 24.8 Å². The van der Waals surface area contributed by atoms with Crippen molar-refractivity contribution in [3.63, 3.8) is 0 Å². The average Bonchev–Trinajstić information content (AvgIpc) is 3.62. The molecule has 5 rings (SSSR count). The third-order valence-corrected chi connectivity index (χ3v) is 7.66. The van der Waals surface area contributed by atoms with Crippen LogP contribution in [0.25, 0.3) is 11.2 Å². The van der Waals surface area contributed by atoms with Crippen molar-refractivity contribution in [3.8, 4) is 0 Å². The zero-order valence-electron chi connectivity index (χ0n) is 21.7. The Morgan fingerprint density at radius 2 is 2.00 bits per heavy atom. The number of anilines is 1. The van der Waals surface area contributed by atoms with Gasteiger partial charge < -0.3 is 20.3 Å². The van der Waals surface area contributed by atoms with Crippen molar-refractivity contribution in [3.05, 3.63) is 48.0 Å². The number of β-amino-alcohol motifs (C(OH)–C–C–N with tert-alkyl or cyclic N) is 1. The van der Waals surface area contributed by atoms with Crippen molar-refractivity contribution in [2.24, 2.45) is 17.6 Å². The molecule has 2 aromatic heterocycles. The van der Waals surface area contributed by atoms with Crippen LogP contribution in [0.3, 0.4) is 0 Å². The summed E-state index contributed by atoms with van der Waals surface area (Å²) < 4.78 is 41.9. The van der Waals surface area contributed by atoms with E-state index in [9.17, 15) is 23.1 Å². The van der Waals surface area contributed by atoms with Crippen LogP contribution in [-0.4, -0.2) is 67.7 Å². The number of primary amides is 1. The third kappa shape index (κ3) is 6.85. The second-order valence-electron chi connectivity index (χ2n) is 10.8. The molecule has 3 heterocycles. The Labute approximate surface area is 224 Å². The summed E-state index contributed by atoms with van der Waals surface area (Å²) in [7, 11) is 0. The van der Waals surface area contributed by atoms with Crippen LogP contribution in [0.1, 0.15) is 43.2 Å². The number of rotatable bonds is 11. The topological polar surface area (TPSA) is 113 Å². The standard InChI is InChI=1S/C27H34F3N7O2/c28-27(29,30)21-5-1-3-19(11-21)12-36(9-2-4-18-6-7-18)25-24-26(33-16-32-25)37(17-34-24)13-20-8-10-35(14-22(20)38)15-23(31)39/h1,3,5,11,16-18,20,22,38H,2,4,6-10,12-15H2,(H2,31,39)/t20-,22+/m0/s1. The lowest BCUT2D eigenvalue weighted by molar-refractivity contribution is -0.137. The molecule has 0 spiro atoms. The zero-order chi connectivity index (χ0) is 27.6. The van der Waals surface area contributed by atoms with Crippen molar-refractivity contribution in [2.45, 2.75) is 57.5 Å². The number of imidazole rings is 1. The number of aliphatic hydroxyl groups excluding tert-OH is 1. The number of piperidine rings is 1. The molecule has 2 atom stereocenters. The lowest BCUT2D eigenvalue weighted by atomic mass is 9.93. The van der Waals surface area contributed by atoms with Crippen molar-refractivity contribution in [1.82, 2.24) is 24.4 Å². The van der Waals surface area contributed by atoms with Gasteiger partial charge in [0.15, 0.2) is 17.0 Å². The molecule has 0 bridgehead atoms. The normalized spacial score (nSPS) is 20.4. The molecule has 0 unspecified atom stereocenters. The number of carbonyl (C=O) groups excluding carboxylic acids is 1. The molecular weight excluding hydrogens is 511 g/mol. The number of nitrogens with zero attached hydrogens (tertiary/aromatic N) is 6. The number of likely N-dealkylation sites (tertiary alicyclic amines) is 1. The number of amides is 1. The van der Waals surface area contributed by atoms with E-state index in [0.29, 0.717) is 55.1 Å². The Hall–Kier alpha value is -3.25. The monoisotopic (exact) mass is 545 g/mol. The summed E-state index contributed by atoms with van der Waals surface area (Å²) in [6.45, 7) is 2.55. The van der Waals surface area contributed by atoms with Crippen molar-refractivity contribution in [1.29, 1.82) is 0 Å².